The van der Waals surface area contributed by atoms with Crippen molar-refractivity contribution in [2.75, 3.05) is 0 Å². The van der Waals surface area contributed by atoms with Crippen LogP contribution in [0.2, 0.25) is 0 Å². The summed E-state index contributed by atoms with van der Waals surface area (Å²) in [5.41, 5.74) is -1.59. The fourth-order valence-electron chi connectivity index (χ4n) is 1.15. The molecule has 1 rings (SSSR count). The molecular formula is C9H6F2N2O2. The van der Waals surface area contributed by atoms with E-state index in [2.05, 4.69) is 4.98 Å². The molecule has 0 radical (unpaired) electrons. The van der Waals surface area contributed by atoms with Crippen molar-refractivity contribution in [3.05, 3.63) is 28.6 Å². The SMILES string of the molecule is Cc1cnc(C(F)F)c(C(=O)O)c1C#N. The predicted molar refractivity (Wildman–Crippen MR) is 45.6 cm³/mol. The zero-order valence-electron chi connectivity index (χ0n) is 7.66. The van der Waals surface area contributed by atoms with Crippen molar-refractivity contribution in [2.24, 2.45) is 0 Å². The second-order valence-corrected chi connectivity index (χ2v) is 2.79. The van der Waals surface area contributed by atoms with Gasteiger partial charge in [-0.15, -0.1) is 0 Å². The standard InChI is InChI=1S/C9H6F2N2O2/c1-4-3-13-7(8(10)11)6(9(14)15)5(4)2-12/h3,8H,1H3,(H,14,15). The van der Waals surface area contributed by atoms with Crippen molar-refractivity contribution in [1.29, 1.82) is 5.26 Å². The summed E-state index contributed by atoms with van der Waals surface area (Å²) in [5, 5.41) is 17.4. The number of aromatic carboxylic acids is 1. The number of nitrogens with zero attached hydrogens (tertiary/aromatic N) is 2. The topological polar surface area (TPSA) is 74.0 Å². The molecule has 0 aliphatic rings. The van der Waals surface area contributed by atoms with Gasteiger partial charge in [-0.25, -0.2) is 13.6 Å². The lowest BCUT2D eigenvalue weighted by molar-refractivity contribution is 0.0681. The van der Waals surface area contributed by atoms with E-state index >= 15 is 0 Å². The summed E-state index contributed by atoms with van der Waals surface area (Å²) in [7, 11) is 0. The molecule has 0 aliphatic heterocycles. The molecule has 1 heterocycles. The van der Waals surface area contributed by atoms with Crippen molar-refractivity contribution in [2.45, 2.75) is 13.3 Å². The number of nitriles is 1. The van der Waals surface area contributed by atoms with Crippen LogP contribution in [0.4, 0.5) is 8.78 Å². The molecular weight excluding hydrogens is 206 g/mol. The zero-order valence-corrected chi connectivity index (χ0v) is 7.66. The molecule has 1 N–H and O–H groups in total. The molecule has 0 aromatic carbocycles. The minimum Gasteiger partial charge on any atom is -0.478 e. The molecule has 0 spiro atoms. The van der Waals surface area contributed by atoms with Crippen LogP contribution in [-0.2, 0) is 0 Å². The molecule has 0 atom stereocenters. The number of alkyl halides is 2. The quantitative estimate of drug-likeness (QED) is 0.812. The van der Waals surface area contributed by atoms with Gasteiger partial charge in [-0.05, 0) is 12.5 Å². The predicted octanol–water partition coefficient (Wildman–Crippen LogP) is 1.90. The van der Waals surface area contributed by atoms with E-state index in [9.17, 15) is 13.6 Å². The van der Waals surface area contributed by atoms with E-state index in [0.29, 0.717) is 0 Å². The van der Waals surface area contributed by atoms with E-state index in [4.69, 9.17) is 10.4 Å². The molecule has 4 nitrogen and oxygen atoms in total. The first-order valence-electron chi connectivity index (χ1n) is 3.90. The molecule has 0 fully saturated rings. The summed E-state index contributed by atoms with van der Waals surface area (Å²) in [6.45, 7) is 1.44. The van der Waals surface area contributed by atoms with Gasteiger partial charge in [0.1, 0.15) is 17.3 Å². The monoisotopic (exact) mass is 212 g/mol. The largest absolute Gasteiger partial charge is 0.478 e. The fraction of sp³-hybridized carbons (Fsp3) is 0.222. The molecule has 0 amide bonds. The van der Waals surface area contributed by atoms with Gasteiger partial charge in [0.05, 0.1) is 5.56 Å². The number of hydrogen-bond donors (Lipinski definition) is 1. The van der Waals surface area contributed by atoms with Crippen LogP contribution in [0.15, 0.2) is 6.20 Å². The van der Waals surface area contributed by atoms with E-state index in [0.717, 1.165) is 6.20 Å². The van der Waals surface area contributed by atoms with Gasteiger partial charge in [0, 0.05) is 6.20 Å². The van der Waals surface area contributed by atoms with Gasteiger partial charge in [0.15, 0.2) is 0 Å². The van der Waals surface area contributed by atoms with Crippen LogP contribution in [0.5, 0.6) is 0 Å². The van der Waals surface area contributed by atoms with Crippen molar-refractivity contribution in [1.82, 2.24) is 4.98 Å². The minimum absolute atomic E-state index is 0.263. The Kier molecular flexibility index (Phi) is 2.95. The molecule has 1 aromatic heterocycles. The van der Waals surface area contributed by atoms with Crippen LogP contribution in [0.1, 0.15) is 33.6 Å². The first-order valence-corrected chi connectivity index (χ1v) is 3.90. The van der Waals surface area contributed by atoms with Gasteiger partial charge in [-0.3, -0.25) is 4.98 Å². The first kappa shape index (κ1) is 11.0. The second-order valence-electron chi connectivity index (χ2n) is 2.79. The molecule has 6 heteroatoms. The van der Waals surface area contributed by atoms with Gasteiger partial charge < -0.3 is 5.11 Å². The van der Waals surface area contributed by atoms with Gasteiger partial charge in [-0.2, -0.15) is 5.26 Å². The third-order valence-electron chi connectivity index (χ3n) is 1.83. The lowest BCUT2D eigenvalue weighted by Crippen LogP contribution is -2.09. The molecule has 0 aliphatic carbocycles. The van der Waals surface area contributed by atoms with Crippen molar-refractivity contribution in [3.8, 4) is 6.07 Å². The van der Waals surface area contributed by atoms with Crippen LogP contribution in [0, 0.1) is 18.3 Å². The highest BCUT2D eigenvalue weighted by Crippen LogP contribution is 2.24. The maximum Gasteiger partial charge on any atom is 0.339 e. The Morgan fingerprint density at radius 1 is 1.67 bits per heavy atom. The Labute approximate surface area is 83.8 Å². The van der Waals surface area contributed by atoms with Crippen LogP contribution >= 0.6 is 0 Å². The molecule has 15 heavy (non-hydrogen) atoms. The Bertz CT molecular complexity index is 452. The smallest absolute Gasteiger partial charge is 0.339 e. The Hall–Kier alpha value is -2.03. The number of carboxylic acids is 1. The van der Waals surface area contributed by atoms with Crippen LogP contribution in [-0.4, -0.2) is 16.1 Å². The van der Waals surface area contributed by atoms with Crippen LogP contribution in [0.25, 0.3) is 0 Å². The number of rotatable bonds is 2. The average molecular weight is 212 g/mol. The maximum absolute atomic E-state index is 12.4. The normalized spacial score (nSPS) is 10.1. The Morgan fingerprint density at radius 3 is 2.67 bits per heavy atom. The zero-order chi connectivity index (χ0) is 11.6. The second kappa shape index (κ2) is 4.00. The van der Waals surface area contributed by atoms with Crippen molar-refractivity contribution < 1.29 is 18.7 Å². The van der Waals surface area contributed by atoms with Gasteiger partial charge >= 0.3 is 5.97 Å². The molecule has 0 saturated heterocycles. The van der Waals surface area contributed by atoms with Crippen LogP contribution in [0.3, 0.4) is 0 Å². The molecule has 0 bridgehead atoms. The third kappa shape index (κ3) is 1.91. The highest BCUT2D eigenvalue weighted by atomic mass is 19.3. The number of hydrogen-bond acceptors (Lipinski definition) is 3. The number of carbonyl (C=O) groups is 1. The summed E-state index contributed by atoms with van der Waals surface area (Å²) in [6.07, 6.45) is -1.95. The van der Waals surface area contributed by atoms with Crippen LogP contribution < -0.4 is 0 Å². The number of aryl methyl sites for hydroxylation is 1. The minimum atomic E-state index is -3.01. The van der Waals surface area contributed by atoms with Gasteiger partial charge in [-0.1, -0.05) is 0 Å². The summed E-state index contributed by atoms with van der Waals surface area (Å²) in [4.78, 5) is 14.1. The number of carboxylic acid groups (broad SMARTS) is 1. The summed E-state index contributed by atoms with van der Waals surface area (Å²) < 4.78 is 24.8. The van der Waals surface area contributed by atoms with Gasteiger partial charge in [0.2, 0.25) is 0 Å². The van der Waals surface area contributed by atoms with Crippen molar-refractivity contribution >= 4 is 5.97 Å². The number of aromatic nitrogens is 1. The first-order chi connectivity index (χ1) is 6.99. The van der Waals surface area contributed by atoms with E-state index < -0.39 is 23.7 Å². The maximum atomic E-state index is 12.4. The van der Waals surface area contributed by atoms with E-state index in [1.807, 2.05) is 0 Å². The highest BCUT2D eigenvalue weighted by molar-refractivity contribution is 5.92. The molecule has 0 saturated carbocycles. The van der Waals surface area contributed by atoms with E-state index in [1.165, 1.54) is 6.92 Å². The fourth-order valence-corrected chi connectivity index (χ4v) is 1.15. The molecule has 78 valence electrons. The number of pyridine rings is 1. The number of halogens is 2. The Morgan fingerprint density at radius 2 is 2.27 bits per heavy atom. The summed E-state index contributed by atoms with van der Waals surface area (Å²) in [6, 6.07) is 1.59. The van der Waals surface area contributed by atoms with E-state index in [-0.39, 0.29) is 11.1 Å². The lowest BCUT2D eigenvalue weighted by Gasteiger charge is -2.07. The van der Waals surface area contributed by atoms with Crippen molar-refractivity contribution in [3.63, 3.8) is 0 Å². The Balaban J connectivity index is 3.58. The van der Waals surface area contributed by atoms with E-state index in [1.54, 1.807) is 6.07 Å². The van der Waals surface area contributed by atoms with Gasteiger partial charge in [0.25, 0.3) is 6.43 Å². The third-order valence-corrected chi connectivity index (χ3v) is 1.83. The lowest BCUT2D eigenvalue weighted by atomic mass is 10.0. The highest BCUT2D eigenvalue weighted by Gasteiger charge is 2.24. The summed E-state index contributed by atoms with van der Waals surface area (Å²) >= 11 is 0. The molecule has 1 aromatic rings. The molecule has 0 unspecified atom stereocenters. The average Bonchev–Trinajstić information content (AvgIpc) is 2.16. The summed E-state index contributed by atoms with van der Waals surface area (Å²) in [5.74, 6) is -1.57.